The zero-order valence-electron chi connectivity index (χ0n) is 18.2. The third-order valence-corrected chi connectivity index (χ3v) is 6.39. The van der Waals surface area contributed by atoms with E-state index in [9.17, 15) is 9.59 Å². The summed E-state index contributed by atoms with van der Waals surface area (Å²) < 4.78 is 0. The molecule has 6 rings (SSSR count). The Morgan fingerprint density at radius 3 is 2.74 bits per heavy atom. The second-order valence-electron chi connectivity index (χ2n) is 8.48. The topological polar surface area (TPSA) is 115 Å². The molecule has 1 atom stereocenters. The van der Waals surface area contributed by atoms with E-state index in [2.05, 4.69) is 31.0 Å². The van der Waals surface area contributed by atoms with Gasteiger partial charge in [-0.2, -0.15) is 10.2 Å². The van der Waals surface area contributed by atoms with Crippen molar-refractivity contribution in [2.24, 2.45) is 5.10 Å². The predicted octanol–water partition coefficient (Wildman–Crippen LogP) is 3.51. The summed E-state index contributed by atoms with van der Waals surface area (Å²) in [6.07, 6.45) is 5.77. The zero-order chi connectivity index (χ0) is 23.1. The molecule has 0 saturated carbocycles. The number of carbonyl (C=O) groups excluding carboxylic acids is 2. The lowest BCUT2D eigenvalue weighted by Gasteiger charge is -2.22. The van der Waals surface area contributed by atoms with Crippen LogP contribution in [0.5, 0.6) is 0 Å². The summed E-state index contributed by atoms with van der Waals surface area (Å²) in [5, 5.41) is 15.2. The Bertz CT molecular complexity index is 1420. The lowest BCUT2D eigenvalue weighted by molar-refractivity contribution is -0.122. The Morgan fingerprint density at radius 2 is 1.88 bits per heavy atom. The third kappa shape index (κ3) is 3.57. The number of hydrogen-bond acceptors (Lipinski definition) is 5. The number of H-pyrrole nitrogens is 1. The molecule has 2 aromatic carbocycles. The minimum absolute atomic E-state index is 0.136. The summed E-state index contributed by atoms with van der Waals surface area (Å²) in [5.41, 5.74) is 9.05. The Hall–Kier alpha value is -4.53. The van der Waals surface area contributed by atoms with Crippen molar-refractivity contribution in [1.82, 2.24) is 25.5 Å². The van der Waals surface area contributed by atoms with Gasteiger partial charge in [0.15, 0.2) is 0 Å². The summed E-state index contributed by atoms with van der Waals surface area (Å²) in [7, 11) is 0. The van der Waals surface area contributed by atoms with Crippen LogP contribution in [-0.4, -0.2) is 37.7 Å². The molecule has 168 valence electrons. The van der Waals surface area contributed by atoms with Gasteiger partial charge >= 0.3 is 6.03 Å². The van der Waals surface area contributed by atoms with Gasteiger partial charge in [0, 0.05) is 43.0 Å². The van der Waals surface area contributed by atoms with E-state index >= 15 is 0 Å². The molecule has 3 amide bonds. The van der Waals surface area contributed by atoms with E-state index in [0.29, 0.717) is 25.2 Å². The van der Waals surface area contributed by atoms with Crippen LogP contribution in [0, 0.1) is 0 Å². The number of nitrogens with one attached hydrogen (secondary N) is 3. The van der Waals surface area contributed by atoms with Crippen molar-refractivity contribution in [3.63, 3.8) is 0 Å². The molecular formula is C25H21N7O2. The fourth-order valence-electron chi connectivity index (χ4n) is 4.57. The number of aromatic nitrogens is 3. The van der Waals surface area contributed by atoms with Gasteiger partial charge in [0.2, 0.25) is 5.91 Å². The highest BCUT2D eigenvalue weighted by Crippen LogP contribution is 2.31. The standard InChI is InChI=1S/C25H21N7O2/c33-24-20(19-2-1-3-22-21(19)12-27-29-22)10-23(30-31-24)15-4-6-18(7-5-15)28-25(34)32-13-16-8-9-26-11-17(16)14-32/h1-9,11-12,20H,10,13-14H2,(H,27,29)(H,28,34)(H,31,33). The Kier molecular flexibility index (Phi) is 4.80. The molecule has 0 spiro atoms. The first-order chi connectivity index (χ1) is 16.7. The highest BCUT2D eigenvalue weighted by Gasteiger charge is 2.29. The van der Waals surface area contributed by atoms with Gasteiger partial charge in [-0.15, -0.1) is 0 Å². The summed E-state index contributed by atoms with van der Waals surface area (Å²) >= 11 is 0. The second kappa shape index (κ2) is 8.11. The number of anilines is 1. The van der Waals surface area contributed by atoms with Crippen molar-refractivity contribution in [3.8, 4) is 0 Å². The molecule has 0 bridgehead atoms. The normalized spacial score (nSPS) is 17.3. The Balaban J connectivity index is 1.16. The van der Waals surface area contributed by atoms with Crippen LogP contribution in [-0.2, 0) is 17.9 Å². The van der Waals surface area contributed by atoms with Crippen molar-refractivity contribution in [1.29, 1.82) is 0 Å². The number of carbonyl (C=O) groups is 2. The van der Waals surface area contributed by atoms with Gasteiger partial charge in [0.05, 0.1) is 23.3 Å². The molecule has 1 unspecified atom stereocenters. The van der Waals surface area contributed by atoms with Crippen LogP contribution in [0.15, 0.2) is 72.2 Å². The van der Waals surface area contributed by atoms with E-state index in [-0.39, 0.29) is 17.9 Å². The Morgan fingerprint density at radius 1 is 1.03 bits per heavy atom. The highest BCUT2D eigenvalue weighted by molar-refractivity contribution is 6.07. The van der Waals surface area contributed by atoms with Gasteiger partial charge in [0.1, 0.15) is 0 Å². The summed E-state index contributed by atoms with van der Waals surface area (Å²) in [6.45, 7) is 1.12. The van der Waals surface area contributed by atoms with Gasteiger partial charge in [-0.25, -0.2) is 10.2 Å². The first-order valence-corrected chi connectivity index (χ1v) is 11.0. The van der Waals surface area contributed by atoms with E-state index in [1.54, 1.807) is 23.5 Å². The molecule has 9 nitrogen and oxygen atoms in total. The number of amides is 3. The summed E-state index contributed by atoms with van der Waals surface area (Å²) in [5.74, 6) is -0.498. The average Bonchev–Trinajstić information content (AvgIpc) is 3.52. The van der Waals surface area contributed by atoms with E-state index < -0.39 is 0 Å². The number of urea groups is 1. The van der Waals surface area contributed by atoms with Gasteiger partial charge in [0.25, 0.3) is 0 Å². The molecule has 2 aliphatic heterocycles. The molecule has 4 aromatic rings. The molecule has 3 N–H and O–H groups in total. The Labute approximate surface area is 194 Å². The lowest BCUT2D eigenvalue weighted by atomic mass is 9.88. The number of rotatable bonds is 3. The SMILES string of the molecule is O=C1NN=C(c2ccc(NC(=O)N3Cc4ccncc4C3)cc2)CC1c1cccc2[nH]ncc12. The van der Waals surface area contributed by atoms with Crippen molar-refractivity contribution in [2.75, 3.05) is 5.32 Å². The van der Waals surface area contributed by atoms with Crippen LogP contribution in [0.25, 0.3) is 10.9 Å². The predicted molar refractivity (Wildman–Crippen MR) is 127 cm³/mol. The van der Waals surface area contributed by atoms with Crippen LogP contribution in [0.3, 0.4) is 0 Å². The number of hydrazone groups is 1. The van der Waals surface area contributed by atoms with Gasteiger partial charge in [-0.3, -0.25) is 14.9 Å². The van der Waals surface area contributed by atoms with Gasteiger partial charge < -0.3 is 10.2 Å². The van der Waals surface area contributed by atoms with E-state index in [0.717, 1.165) is 38.9 Å². The maximum absolute atomic E-state index is 12.7. The van der Waals surface area contributed by atoms with Crippen molar-refractivity contribution >= 4 is 34.2 Å². The molecule has 2 aliphatic rings. The number of benzene rings is 2. The quantitative estimate of drug-likeness (QED) is 0.442. The van der Waals surface area contributed by atoms with Gasteiger partial charge in [-0.05, 0) is 46.5 Å². The molecular weight excluding hydrogens is 430 g/mol. The minimum atomic E-state index is -0.362. The summed E-state index contributed by atoms with van der Waals surface area (Å²) in [4.78, 5) is 31.2. The zero-order valence-corrected chi connectivity index (χ0v) is 18.2. The molecule has 34 heavy (non-hydrogen) atoms. The van der Waals surface area contributed by atoms with Crippen LogP contribution in [0.1, 0.15) is 34.6 Å². The lowest BCUT2D eigenvalue weighted by Crippen LogP contribution is -2.33. The number of aromatic amines is 1. The molecule has 0 fully saturated rings. The van der Waals surface area contributed by atoms with E-state index in [1.807, 2.05) is 48.5 Å². The number of nitrogens with zero attached hydrogens (tertiary/aromatic N) is 4. The number of fused-ring (bicyclic) bond motifs is 2. The van der Waals surface area contributed by atoms with Crippen molar-refractivity contribution in [3.05, 3.63) is 89.4 Å². The first kappa shape index (κ1) is 20.1. The van der Waals surface area contributed by atoms with Gasteiger partial charge in [-0.1, -0.05) is 24.3 Å². The fourth-order valence-corrected chi connectivity index (χ4v) is 4.57. The molecule has 0 radical (unpaired) electrons. The van der Waals surface area contributed by atoms with Crippen LogP contribution >= 0.6 is 0 Å². The largest absolute Gasteiger partial charge is 0.322 e. The van der Waals surface area contributed by atoms with E-state index in [1.165, 1.54) is 0 Å². The first-order valence-electron chi connectivity index (χ1n) is 11.0. The maximum Gasteiger partial charge on any atom is 0.322 e. The smallest absolute Gasteiger partial charge is 0.316 e. The van der Waals surface area contributed by atoms with Crippen molar-refractivity contribution < 1.29 is 9.59 Å². The maximum atomic E-state index is 12.7. The molecule has 2 aromatic heterocycles. The fraction of sp³-hybridized carbons (Fsp3) is 0.160. The number of pyridine rings is 1. The monoisotopic (exact) mass is 451 g/mol. The van der Waals surface area contributed by atoms with Crippen LogP contribution < -0.4 is 10.7 Å². The number of hydrogen-bond donors (Lipinski definition) is 3. The highest BCUT2D eigenvalue weighted by atomic mass is 16.2. The molecule has 0 saturated heterocycles. The molecule has 0 aliphatic carbocycles. The van der Waals surface area contributed by atoms with Crippen molar-refractivity contribution in [2.45, 2.75) is 25.4 Å². The molecule has 4 heterocycles. The summed E-state index contributed by atoms with van der Waals surface area (Å²) in [6, 6.07) is 15.1. The third-order valence-electron chi connectivity index (χ3n) is 6.39. The average molecular weight is 451 g/mol. The van der Waals surface area contributed by atoms with Crippen LogP contribution in [0.4, 0.5) is 10.5 Å². The minimum Gasteiger partial charge on any atom is -0.316 e. The van der Waals surface area contributed by atoms with Crippen LogP contribution in [0.2, 0.25) is 0 Å². The second-order valence-corrected chi connectivity index (χ2v) is 8.48. The van der Waals surface area contributed by atoms with E-state index in [4.69, 9.17) is 0 Å². The molecule has 9 heteroatoms.